The minimum Gasteiger partial charge on any atom is -0.326 e. The molecule has 10 heteroatoms. The number of nitrogens with one attached hydrogen (secondary N) is 1. The number of benzene rings is 3. The van der Waals surface area contributed by atoms with Crippen molar-refractivity contribution in [3.8, 4) is 0 Å². The average molecular weight is 585 g/mol. The molecule has 2 unspecified atom stereocenters. The number of nitrogens with zero attached hydrogens (tertiary/aromatic N) is 2. The van der Waals surface area contributed by atoms with Gasteiger partial charge >= 0.3 is 0 Å². The molecule has 1 aliphatic carbocycles. The molecule has 200 valence electrons. The largest absolute Gasteiger partial charge is 0.326 e. The summed E-state index contributed by atoms with van der Waals surface area (Å²) in [5.41, 5.74) is 2.77. The molecule has 0 bridgehead atoms. The molecule has 0 radical (unpaired) electrons. The van der Waals surface area contributed by atoms with Gasteiger partial charge in [0.15, 0.2) is 0 Å². The first-order valence-corrected chi connectivity index (χ1v) is 14.4. The number of carbonyl (C=O) groups is 1. The van der Waals surface area contributed by atoms with Gasteiger partial charge in [0.05, 0.1) is 4.90 Å². The molecule has 2 atom stereocenters. The molecule has 1 fully saturated rings. The highest BCUT2D eigenvalue weighted by atomic mass is 35.5. The fraction of sp³-hybridized carbons (Fsp3) is 0.172. The molecule has 0 spiro atoms. The number of hydrogen-bond acceptors (Lipinski definition) is 4. The van der Waals surface area contributed by atoms with E-state index >= 15 is 0 Å². The number of hydrogen-bond donors (Lipinski definition) is 1. The number of carbonyl (C=O) groups excluding carboxylic acids is 1. The van der Waals surface area contributed by atoms with Crippen LogP contribution >= 0.6 is 23.2 Å². The topological polar surface area (TPSA) is 79.4 Å². The summed E-state index contributed by atoms with van der Waals surface area (Å²) in [5.74, 6) is -0.494. The highest BCUT2D eigenvalue weighted by Gasteiger charge is 2.43. The van der Waals surface area contributed by atoms with Crippen molar-refractivity contribution in [1.82, 2.24) is 9.29 Å². The Bertz CT molecular complexity index is 1580. The van der Waals surface area contributed by atoms with E-state index < -0.39 is 15.8 Å². The summed E-state index contributed by atoms with van der Waals surface area (Å²) in [7, 11) is -4.00. The fourth-order valence-electron chi connectivity index (χ4n) is 4.42. The molecule has 1 amide bonds. The molecule has 39 heavy (non-hydrogen) atoms. The van der Waals surface area contributed by atoms with E-state index in [0.29, 0.717) is 26.9 Å². The van der Waals surface area contributed by atoms with E-state index in [9.17, 15) is 17.6 Å². The van der Waals surface area contributed by atoms with Crippen molar-refractivity contribution in [3.63, 3.8) is 0 Å². The minimum absolute atomic E-state index is 0.00185. The number of anilines is 1. The molecule has 3 aromatic carbocycles. The third-order valence-corrected chi connectivity index (χ3v) is 9.05. The maximum Gasteiger partial charge on any atom is 0.243 e. The van der Waals surface area contributed by atoms with Crippen molar-refractivity contribution in [2.75, 3.05) is 5.32 Å². The van der Waals surface area contributed by atoms with E-state index in [-0.39, 0.29) is 35.7 Å². The number of pyridine rings is 1. The summed E-state index contributed by atoms with van der Waals surface area (Å²) in [4.78, 5) is 16.8. The van der Waals surface area contributed by atoms with Gasteiger partial charge in [-0.1, -0.05) is 41.4 Å². The van der Waals surface area contributed by atoms with Crippen molar-refractivity contribution in [3.05, 3.63) is 124 Å². The smallest absolute Gasteiger partial charge is 0.243 e. The predicted molar refractivity (Wildman–Crippen MR) is 149 cm³/mol. The second-order valence-electron chi connectivity index (χ2n) is 9.38. The van der Waals surface area contributed by atoms with Crippen LogP contribution in [0.2, 0.25) is 10.0 Å². The molecule has 1 heterocycles. The van der Waals surface area contributed by atoms with Crippen molar-refractivity contribution in [1.29, 1.82) is 0 Å². The molecule has 4 aromatic rings. The van der Waals surface area contributed by atoms with Gasteiger partial charge in [-0.2, -0.15) is 4.31 Å². The van der Waals surface area contributed by atoms with E-state index in [2.05, 4.69) is 10.3 Å². The Balaban J connectivity index is 1.33. The SMILES string of the molecule is O=C(Nc1ccc(S(=O)(=O)N(Cc2ccc(F)cc2)Cc2ccc(Cl)cc2Cl)cc1)C1CC1c1ccncc1. The van der Waals surface area contributed by atoms with Gasteiger partial charge in [-0.3, -0.25) is 9.78 Å². The first kappa shape index (κ1) is 27.3. The highest BCUT2D eigenvalue weighted by Crippen LogP contribution is 2.47. The van der Waals surface area contributed by atoms with Crippen LogP contribution in [-0.2, 0) is 27.9 Å². The van der Waals surface area contributed by atoms with Gasteiger partial charge in [0.2, 0.25) is 15.9 Å². The fourth-order valence-corrected chi connectivity index (χ4v) is 6.29. The van der Waals surface area contributed by atoms with Crippen molar-refractivity contribution in [2.45, 2.75) is 30.3 Å². The van der Waals surface area contributed by atoms with Crippen LogP contribution in [0.25, 0.3) is 0 Å². The van der Waals surface area contributed by atoms with Gasteiger partial charge in [0.25, 0.3) is 0 Å². The number of rotatable bonds is 9. The molecule has 1 N–H and O–H groups in total. The lowest BCUT2D eigenvalue weighted by Gasteiger charge is -2.23. The van der Waals surface area contributed by atoms with Crippen molar-refractivity contribution in [2.24, 2.45) is 5.92 Å². The Kier molecular flexibility index (Phi) is 8.00. The van der Waals surface area contributed by atoms with Gasteiger partial charge in [-0.25, -0.2) is 12.8 Å². The Morgan fingerprint density at radius 3 is 2.31 bits per heavy atom. The molecule has 1 aliphatic rings. The molecule has 0 aliphatic heterocycles. The predicted octanol–water partition coefficient (Wildman–Crippen LogP) is 6.66. The van der Waals surface area contributed by atoms with Crippen LogP contribution in [-0.4, -0.2) is 23.6 Å². The van der Waals surface area contributed by atoms with Gasteiger partial charge in [-0.05, 0) is 89.7 Å². The first-order chi connectivity index (χ1) is 18.7. The molecular formula is C29H24Cl2FN3O3S. The Hall–Kier alpha value is -3.30. The van der Waals surface area contributed by atoms with Crippen molar-refractivity contribution < 1.29 is 17.6 Å². The van der Waals surface area contributed by atoms with Crippen LogP contribution in [0.1, 0.15) is 29.0 Å². The second-order valence-corrected chi connectivity index (χ2v) is 12.2. The van der Waals surface area contributed by atoms with Crippen LogP contribution in [0.5, 0.6) is 0 Å². The molecule has 5 rings (SSSR count). The Morgan fingerprint density at radius 1 is 0.949 bits per heavy atom. The summed E-state index contributed by atoms with van der Waals surface area (Å²) in [6, 6.07) is 20.4. The van der Waals surface area contributed by atoms with Crippen molar-refractivity contribution >= 4 is 44.8 Å². The van der Waals surface area contributed by atoms with E-state index in [1.54, 1.807) is 42.7 Å². The summed E-state index contributed by atoms with van der Waals surface area (Å²) >= 11 is 12.4. The number of sulfonamides is 1. The summed E-state index contributed by atoms with van der Waals surface area (Å²) in [5, 5.41) is 3.66. The van der Waals surface area contributed by atoms with Crippen LogP contribution in [0.15, 0.2) is 96.2 Å². The standard InChI is InChI=1S/C29H24Cl2FN3O3S/c30-22-4-3-21(28(31)15-22)18-35(17-19-1-5-23(32)6-2-19)39(37,38)25-9-7-24(8-10-25)34-29(36)27-16-26(27)20-11-13-33-14-12-20/h1-15,26-27H,16-18H2,(H,34,36). The lowest BCUT2D eigenvalue weighted by Crippen LogP contribution is -2.30. The van der Waals surface area contributed by atoms with E-state index in [4.69, 9.17) is 23.2 Å². The van der Waals surface area contributed by atoms with Crippen LogP contribution in [0.4, 0.5) is 10.1 Å². The molecule has 0 saturated heterocycles. The number of halogens is 3. The third kappa shape index (κ3) is 6.47. The Morgan fingerprint density at radius 2 is 1.64 bits per heavy atom. The van der Waals surface area contributed by atoms with Crippen LogP contribution in [0.3, 0.4) is 0 Å². The van der Waals surface area contributed by atoms with Crippen LogP contribution in [0, 0.1) is 11.7 Å². The first-order valence-electron chi connectivity index (χ1n) is 12.2. The summed E-state index contributed by atoms with van der Waals surface area (Å²) in [6.45, 7) is -0.0234. The van der Waals surface area contributed by atoms with E-state index in [1.807, 2.05) is 12.1 Å². The number of amides is 1. The quantitative estimate of drug-likeness (QED) is 0.239. The van der Waals surface area contributed by atoms with Gasteiger partial charge in [0, 0.05) is 47.1 Å². The Labute approximate surface area is 236 Å². The lowest BCUT2D eigenvalue weighted by atomic mass is 10.1. The monoisotopic (exact) mass is 583 g/mol. The molecule has 1 saturated carbocycles. The maximum absolute atomic E-state index is 13.7. The van der Waals surface area contributed by atoms with Gasteiger partial charge in [0.1, 0.15) is 5.82 Å². The average Bonchev–Trinajstić information content (AvgIpc) is 3.73. The summed E-state index contributed by atoms with van der Waals surface area (Å²) < 4.78 is 42.2. The van der Waals surface area contributed by atoms with E-state index in [1.165, 1.54) is 40.7 Å². The number of aromatic nitrogens is 1. The zero-order chi connectivity index (χ0) is 27.6. The summed E-state index contributed by atoms with van der Waals surface area (Å²) in [6.07, 6.45) is 4.18. The zero-order valence-corrected chi connectivity index (χ0v) is 22.9. The van der Waals surface area contributed by atoms with Gasteiger partial charge < -0.3 is 5.32 Å². The maximum atomic E-state index is 13.7. The van der Waals surface area contributed by atoms with Gasteiger partial charge in [-0.15, -0.1) is 0 Å². The third-order valence-electron chi connectivity index (χ3n) is 6.66. The second kappa shape index (κ2) is 11.4. The minimum atomic E-state index is -4.00. The van der Waals surface area contributed by atoms with Crippen LogP contribution < -0.4 is 5.32 Å². The van der Waals surface area contributed by atoms with E-state index in [0.717, 1.165) is 12.0 Å². The molecule has 6 nitrogen and oxygen atoms in total. The zero-order valence-electron chi connectivity index (χ0n) is 20.6. The lowest BCUT2D eigenvalue weighted by molar-refractivity contribution is -0.117. The highest BCUT2D eigenvalue weighted by molar-refractivity contribution is 7.89. The molecular weight excluding hydrogens is 560 g/mol. The molecule has 1 aromatic heterocycles. The normalized spacial score (nSPS) is 16.7.